The number of anilines is 3. The molecule has 0 N–H and O–H groups in total. The van der Waals surface area contributed by atoms with Crippen LogP contribution in [-0.2, 0) is 10.8 Å². The average Bonchev–Trinajstić information content (AvgIpc) is 3.86. The lowest BCUT2D eigenvalue weighted by atomic mass is 9.67. The number of fused-ring (bicyclic) bond motifs is 7. The molecule has 0 bridgehead atoms. The minimum Gasteiger partial charge on any atom is -0.310 e. The largest absolute Gasteiger partial charge is 0.310 e. The van der Waals surface area contributed by atoms with E-state index in [0.717, 1.165) is 17.1 Å². The maximum Gasteiger partial charge on any atom is 0.0714 e. The molecule has 68 heavy (non-hydrogen) atoms. The standard InChI is InChI=1S/C67H47N/c1-66(49-24-5-2-6-25-49)61-36-16-13-33-57(61)59-41-39-48(44-63(59)66)56-32-15-18-38-65(56)68(52-30-19-23-47(43-52)55-35-20-22-46-21-11-12-31-54(46)55)53-40-42-60-58-34-14-17-37-62(58)67(64(60)45-53,50-26-7-3-8-27-50)51-28-9-4-10-29-51/h2-45H,1H3. The Balaban J connectivity index is 1.06. The molecule has 13 rings (SSSR count). The van der Waals surface area contributed by atoms with Gasteiger partial charge in [-0.15, -0.1) is 0 Å². The van der Waals surface area contributed by atoms with Crippen LogP contribution < -0.4 is 4.90 Å². The Kier molecular flexibility index (Phi) is 9.27. The molecule has 1 heteroatoms. The number of benzene rings is 11. The number of para-hydroxylation sites is 1. The number of nitrogens with zero attached hydrogens (tertiary/aromatic N) is 1. The summed E-state index contributed by atoms with van der Waals surface area (Å²) >= 11 is 0. The average molecular weight is 866 g/mol. The molecular weight excluding hydrogens is 819 g/mol. The molecule has 0 amide bonds. The SMILES string of the molecule is CC1(c2ccccc2)c2ccccc2-c2ccc(-c3ccccc3N(c3cccc(-c4cccc5ccccc45)c3)c3ccc4c(c3)C(c3ccccc3)(c3ccccc3)c3ccccc3-4)cc21. The second kappa shape index (κ2) is 15.8. The van der Waals surface area contributed by atoms with Crippen LogP contribution in [-0.4, -0.2) is 0 Å². The van der Waals surface area contributed by atoms with E-state index in [-0.39, 0.29) is 5.41 Å². The smallest absolute Gasteiger partial charge is 0.0714 e. The fourth-order valence-corrected chi connectivity index (χ4v) is 11.9. The van der Waals surface area contributed by atoms with Crippen molar-refractivity contribution in [1.82, 2.24) is 0 Å². The molecule has 2 aliphatic rings. The number of hydrogen-bond donors (Lipinski definition) is 0. The zero-order chi connectivity index (χ0) is 45.2. The molecular formula is C67H47N. The van der Waals surface area contributed by atoms with Gasteiger partial charge in [-0.25, -0.2) is 0 Å². The molecule has 1 atom stereocenters. The van der Waals surface area contributed by atoms with E-state index in [1.54, 1.807) is 0 Å². The van der Waals surface area contributed by atoms with E-state index in [2.05, 4.69) is 279 Å². The van der Waals surface area contributed by atoms with Crippen LogP contribution in [0.15, 0.2) is 267 Å². The molecule has 0 aliphatic heterocycles. The van der Waals surface area contributed by atoms with Gasteiger partial charge in [-0.05, 0) is 132 Å². The fourth-order valence-electron chi connectivity index (χ4n) is 11.9. The molecule has 1 nitrogen and oxygen atoms in total. The maximum atomic E-state index is 2.51. The van der Waals surface area contributed by atoms with Gasteiger partial charge in [-0.3, -0.25) is 0 Å². The van der Waals surface area contributed by atoms with Crippen molar-refractivity contribution in [2.45, 2.75) is 17.8 Å². The predicted octanol–water partition coefficient (Wildman–Crippen LogP) is 17.3. The summed E-state index contributed by atoms with van der Waals surface area (Å²) in [5.41, 5.74) is 21.3. The zero-order valence-electron chi connectivity index (χ0n) is 37.9. The predicted molar refractivity (Wildman–Crippen MR) is 284 cm³/mol. The Morgan fingerprint density at radius 1 is 0.294 bits per heavy atom. The molecule has 0 radical (unpaired) electrons. The second-order valence-corrected chi connectivity index (χ2v) is 18.5. The quantitative estimate of drug-likeness (QED) is 0.147. The van der Waals surface area contributed by atoms with E-state index >= 15 is 0 Å². The summed E-state index contributed by atoms with van der Waals surface area (Å²) in [6.45, 7) is 2.40. The monoisotopic (exact) mass is 865 g/mol. The Labute approximate surface area is 398 Å². The molecule has 11 aromatic carbocycles. The van der Waals surface area contributed by atoms with Crippen molar-refractivity contribution in [2.24, 2.45) is 0 Å². The second-order valence-electron chi connectivity index (χ2n) is 18.5. The maximum absolute atomic E-state index is 2.51. The van der Waals surface area contributed by atoms with Crippen LogP contribution in [0.25, 0.3) is 55.3 Å². The molecule has 11 aromatic rings. The lowest BCUT2D eigenvalue weighted by Crippen LogP contribution is -2.28. The number of hydrogen-bond acceptors (Lipinski definition) is 1. The van der Waals surface area contributed by atoms with Crippen molar-refractivity contribution in [3.63, 3.8) is 0 Å². The van der Waals surface area contributed by atoms with Crippen molar-refractivity contribution in [1.29, 1.82) is 0 Å². The van der Waals surface area contributed by atoms with Crippen LogP contribution in [0, 0.1) is 0 Å². The molecule has 0 aromatic heterocycles. The van der Waals surface area contributed by atoms with Crippen LogP contribution >= 0.6 is 0 Å². The Bertz CT molecular complexity index is 3660. The Morgan fingerprint density at radius 2 is 0.794 bits per heavy atom. The van der Waals surface area contributed by atoms with Crippen LogP contribution in [0.4, 0.5) is 17.1 Å². The normalized spacial score (nSPS) is 15.0. The van der Waals surface area contributed by atoms with E-state index in [0.29, 0.717) is 0 Å². The molecule has 0 saturated heterocycles. The fraction of sp³-hybridized carbons (Fsp3) is 0.0448. The van der Waals surface area contributed by atoms with Gasteiger partial charge in [-0.1, -0.05) is 231 Å². The highest BCUT2D eigenvalue weighted by molar-refractivity contribution is 5.99. The van der Waals surface area contributed by atoms with Crippen LogP contribution in [0.3, 0.4) is 0 Å². The minimum absolute atomic E-state index is 0.322. The Hall–Kier alpha value is -8.52. The van der Waals surface area contributed by atoms with Gasteiger partial charge in [0, 0.05) is 22.4 Å². The minimum atomic E-state index is -0.544. The van der Waals surface area contributed by atoms with E-state index in [1.807, 2.05) is 0 Å². The van der Waals surface area contributed by atoms with E-state index in [1.165, 1.54) is 94.2 Å². The molecule has 320 valence electrons. The summed E-state index contributed by atoms with van der Waals surface area (Å²) in [4.78, 5) is 2.51. The zero-order valence-corrected chi connectivity index (χ0v) is 37.9. The van der Waals surface area contributed by atoms with Gasteiger partial charge in [0.25, 0.3) is 0 Å². The van der Waals surface area contributed by atoms with Crippen molar-refractivity contribution in [3.05, 3.63) is 306 Å². The highest BCUT2D eigenvalue weighted by atomic mass is 15.1. The van der Waals surface area contributed by atoms with Crippen LogP contribution in [0.5, 0.6) is 0 Å². The summed E-state index contributed by atoms with van der Waals surface area (Å²) in [5, 5.41) is 2.47. The lowest BCUT2D eigenvalue weighted by Gasteiger charge is -2.35. The summed E-state index contributed by atoms with van der Waals surface area (Å²) in [7, 11) is 0. The van der Waals surface area contributed by atoms with Gasteiger partial charge in [0.2, 0.25) is 0 Å². The van der Waals surface area contributed by atoms with Crippen LogP contribution in [0.1, 0.15) is 45.9 Å². The molecule has 1 unspecified atom stereocenters. The van der Waals surface area contributed by atoms with E-state index in [4.69, 9.17) is 0 Å². The first-order valence-corrected chi connectivity index (χ1v) is 23.8. The first-order valence-electron chi connectivity index (χ1n) is 23.8. The van der Waals surface area contributed by atoms with Crippen molar-refractivity contribution >= 4 is 27.8 Å². The van der Waals surface area contributed by atoms with Crippen LogP contribution in [0.2, 0.25) is 0 Å². The van der Waals surface area contributed by atoms with Gasteiger partial charge >= 0.3 is 0 Å². The van der Waals surface area contributed by atoms with Gasteiger partial charge in [-0.2, -0.15) is 0 Å². The van der Waals surface area contributed by atoms with Crippen molar-refractivity contribution in [2.75, 3.05) is 4.90 Å². The van der Waals surface area contributed by atoms with E-state index < -0.39 is 5.41 Å². The Morgan fingerprint density at radius 3 is 1.54 bits per heavy atom. The molecule has 0 spiro atoms. The molecule has 2 aliphatic carbocycles. The third kappa shape index (κ3) is 5.95. The summed E-state index contributed by atoms with van der Waals surface area (Å²) in [6.07, 6.45) is 0. The van der Waals surface area contributed by atoms with Gasteiger partial charge < -0.3 is 4.90 Å². The summed E-state index contributed by atoms with van der Waals surface area (Å²) in [6, 6.07) is 99.1. The first-order chi connectivity index (χ1) is 33.6. The summed E-state index contributed by atoms with van der Waals surface area (Å²) in [5.74, 6) is 0. The molecule has 0 fully saturated rings. The van der Waals surface area contributed by atoms with Gasteiger partial charge in [0.05, 0.1) is 11.1 Å². The molecule has 0 heterocycles. The highest BCUT2D eigenvalue weighted by Gasteiger charge is 2.46. The third-order valence-electron chi connectivity index (χ3n) is 15.0. The van der Waals surface area contributed by atoms with Gasteiger partial charge in [0.1, 0.15) is 0 Å². The third-order valence-corrected chi connectivity index (χ3v) is 15.0. The van der Waals surface area contributed by atoms with Crippen molar-refractivity contribution < 1.29 is 0 Å². The topological polar surface area (TPSA) is 3.24 Å². The summed E-state index contributed by atoms with van der Waals surface area (Å²) < 4.78 is 0. The van der Waals surface area contributed by atoms with Crippen molar-refractivity contribution in [3.8, 4) is 44.5 Å². The van der Waals surface area contributed by atoms with Gasteiger partial charge in [0.15, 0.2) is 0 Å². The first kappa shape index (κ1) is 39.8. The highest BCUT2D eigenvalue weighted by Crippen LogP contribution is 2.58. The molecule has 0 saturated carbocycles. The number of rotatable bonds is 8. The van der Waals surface area contributed by atoms with E-state index in [9.17, 15) is 0 Å². The lowest BCUT2D eigenvalue weighted by molar-refractivity contribution is 0.714.